The van der Waals surface area contributed by atoms with Gasteiger partial charge in [0.15, 0.2) is 17.4 Å². The lowest BCUT2D eigenvalue weighted by atomic mass is 9.76. The summed E-state index contributed by atoms with van der Waals surface area (Å²) < 4.78 is 57.5. The van der Waals surface area contributed by atoms with Crippen molar-refractivity contribution in [1.82, 2.24) is 0 Å². The molecule has 0 aromatic heterocycles. The molecule has 1 saturated carbocycles. The van der Waals surface area contributed by atoms with Crippen molar-refractivity contribution < 1.29 is 22.3 Å². The largest absolute Gasteiger partial charge is 0.482 e. The first-order valence-corrected chi connectivity index (χ1v) is 14.3. The van der Waals surface area contributed by atoms with Crippen LogP contribution in [0, 0.1) is 23.5 Å². The number of halogens is 4. The molecule has 0 spiro atoms. The van der Waals surface area contributed by atoms with E-state index in [1.807, 2.05) is 0 Å². The van der Waals surface area contributed by atoms with Crippen LogP contribution in [0.2, 0.25) is 18.1 Å². The quantitative estimate of drug-likeness (QED) is 0.280. The topological polar surface area (TPSA) is 9.23 Å². The Morgan fingerprint density at radius 1 is 0.933 bits per heavy atom. The number of hydrogen-bond acceptors (Lipinski definition) is 1. The lowest BCUT2D eigenvalue weighted by Crippen LogP contribution is -2.22. The van der Waals surface area contributed by atoms with Crippen molar-refractivity contribution in [2.45, 2.75) is 95.2 Å². The highest BCUT2D eigenvalue weighted by molar-refractivity contribution is 6.58. The molecule has 1 saturated heterocycles. The lowest BCUT2D eigenvalue weighted by molar-refractivity contribution is 0.0777. The Bertz CT molecular complexity index is 630. The Morgan fingerprint density at radius 2 is 1.50 bits per heavy atom. The molecule has 1 heterocycles. The highest BCUT2D eigenvalue weighted by Gasteiger charge is 2.27. The molecule has 0 amide bonds. The molecule has 1 nitrogen and oxygen atoms in total. The van der Waals surface area contributed by atoms with Gasteiger partial charge in [0.1, 0.15) is 6.61 Å². The molecule has 1 aromatic rings. The maximum Gasteiger partial charge on any atom is 0.272 e. The molecule has 1 aliphatic carbocycles. The number of benzene rings is 1. The van der Waals surface area contributed by atoms with E-state index in [2.05, 4.69) is 11.7 Å². The van der Waals surface area contributed by atoms with Gasteiger partial charge in [-0.1, -0.05) is 57.2 Å². The third kappa shape index (κ3) is 6.73. The molecular formula is C24H36F4OSi. The second-order valence-electron chi connectivity index (χ2n) is 9.49. The molecule has 3 rings (SSSR count). The zero-order valence-corrected chi connectivity index (χ0v) is 19.3. The van der Waals surface area contributed by atoms with Crippen LogP contribution in [-0.2, 0) is 0 Å². The smallest absolute Gasteiger partial charge is 0.272 e. The van der Waals surface area contributed by atoms with E-state index in [0.29, 0.717) is 5.56 Å². The molecule has 30 heavy (non-hydrogen) atoms. The Balaban J connectivity index is 1.43. The van der Waals surface area contributed by atoms with Crippen LogP contribution in [0.25, 0.3) is 0 Å². The summed E-state index contributed by atoms with van der Waals surface area (Å²) in [5.74, 6) is -0.651. The van der Waals surface area contributed by atoms with Crippen molar-refractivity contribution in [3.05, 3.63) is 29.3 Å². The number of hydrogen-bond donors (Lipinski definition) is 0. The van der Waals surface area contributed by atoms with E-state index in [9.17, 15) is 17.6 Å². The molecule has 0 atom stereocenters. The molecule has 1 aliphatic heterocycles. The van der Waals surface area contributed by atoms with Crippen LogP contribution in [0.1, 0.15) is 76.2 Å². The normalized spacial score (nSPS) is 27.4. The van der Waals surface area contributed by atoms with Crippen LogP contribution >= 0.6 is 0 Å². The fraction of sp³-hybridized carbons (Fsp3) is 0.750. The van der Waals surface area contributed by atoms with Crippen molar-refractivity contribution in [2.75, 3.05) is 6.61 Å². The first-order valence-electron chi connectivity index (χ1n) is 11.9. The molecular weight excluding hydrogens is 408 g/mol. The Morgan fingerprint density at radius 3 is 2.03 bits per heavy atom. The predicted molar refractivity (Wildman–Crippen MR) is 116 cm³/mol. The van der Waals surface area contributed by atoms with Gasteiger partial charge in [-0.05, 0) is 61.1 Å². The highest BCUT2D eigenvalue weighted by atomic mass is 28.3. The van der Waals surface area contributed by atoms with Gasteiger partial charge in [-0.3, -0.25) is 0 Å². The first-order chi connectivity index (χ1) is 14.5. The zero-order valence-electron chi connectivity index (χ0n) is 18.2. The van der Waals surface area contributed by atoms with Crippen LogP contribution in [0.3, 0.4) is 0 Å². The van der Waals surface area contributed by atoms with Crippen molar-refractivity contribution in [1.29, 1.82) is 0 Å². The molecule has 0 N–H and O–H groups in total. The van der Waals surface area contributed by atoms with Crippen molar-refractivity contribution in [2.24, 2.45) is 11.8 Å². The Hall–Kier alpha value is -1.04. The van der Waals surface area contributed by atoms with Gasteiger partial charge in [0.2, 0.25) is 0 Å². The number of alkyl halides is 2. The Labute approximate surface area is 180 Å². The fourth-order valence-corrected chi connectivity index (χ4v) is 9.14. The Kier molecular flexibility index (Phi) is 9.08. The van der Waals surface area contributed by atoms with Gasteiger partial charge in [-0.15, -0.1) is 0 Å². The number of rotatable bonds is 9. The second kappa shape index (κ2) is 11.5. The summed E-state index contributed by atoms with van der Waals surface area (Å²) in [6.07, 6.45) is 8.25. The van der Waals surface area contributed by atoms with E-state index in [4.69, 9.17) is 0 Å². The summed E-state index contributed by atoms with van der Waals surface area (Å²) in [5, 5.41) is 0. The number of ether oxygens (including phenoxy) is 1. The van der Waals surface area contributed by atoms with Gasteiger partial charge in [-0.25, -0.2) is 17.6 Å². The van der Waals surface area contributed by atoms with Gasteiger partial charge in [0, 0.05) is 8.80 Å². The van der Waals surface area contributed by atoms with E-state index in [1.54, 1.807) is 12.1 Å². The molecule has 6 heteroatoms. The van der Waals surface area contributed by atoms with E-state index in [1.165, 1.54) is 50.3 Å². The first kappa shape index (κ1) is 23.6. The van der Waals surface area contributed by atoms with Crippen LogP contribution in [-0.4, -0.2) is 21.8 Å². The van der Waals surface area contributed by atoms with Crippen LogP contribution < -0.4 is 4.74 Å². The molecule has 170 valence electrons. The van der Waals surface area contributed by atoms with Crippen molar-refractivity contribution >= 4 is 8.80 Å². The van der Waals surface area contributed by atoms with Gasteiger partial charge in [0.05, 0.1) is 0 Å². The predicted octanol–water partition coefficient (Wildman–Crippen LogP) is 7.71. The monoisotopic (exact) mass is 444 g/mol. The van der Waals surface area contributed by atoms with E-state index >= 15 is 0 Å². The van der Waals surface area contributed by atoms with Crippen molar-refractivity contribution in [3.63, 3.8) is 0 Å². The van der Waals surface area contributed by atoms with E-state index in [-0.39, 0.29) is 5.92 Å². The average Bonchev–Trinajstić information content (AvgIpc) is 2.73. The van der Waals surface area contributed by atoms with Gasteiger partial charge >= 0.3 is 0 Å². The zero-order chi connectivity index (χ0) is 21.5. The summed E-state index contributed by atoms with van der Waals surface area (Å²) in [6, 6.07) is 7.15. The highest BCUT2D eigenvalue weighted by Crippen LogP contribution is 2.40. The summed E-state index contributed by atoms with van der Waals surface area (Å²) in [4.78, 5) is 0. The van der Waals surface area contributed by atoms with Gasteiger partial charge in [0.25, 0.3) is 6.43 Å². The average molecular weight is 445 g/mol. The minimum atomic E-state index is -2.76. The maximum atomic E-state index is 14.2. The van der Waals surface area contributed by atoms with Crippen LogP contribution in [0.5, 0.6) is 5.75 Å². The molecule has 0 bridgehead atoms. The SMILES string of the molecule is CCC[SiH]1CCC(CCC2CCC(c3cc(F)c(OCC(F)F)c(F)c3)CC2)CC1. The summed E-state index contributed by atoms with van der Waals surface area (Å²) in [6.45, 7) is 1.31. The molecule has 1 aromatic carbocycles. The molecule has 0 unspecified atom stereocenters. The third-order valence-corrected chi connectivity index (χ3v) is 11.0. The maximum absolute atomic E-state index is 14.2. The van der Waals surface area contributed by atoms with E-state index in [0.717, 1.165) is 37.5 Å². The molecule has 2 fully saturated rings. The standard InChI is InChI=1S/C24H36F4OSi/c1-2-11-30-12-9-18(10-13-30)4-3-17-5-7-19(8-6-17)20-14-21(25)24(22(26)15-20)29-16-23(27)28/h14-15,17-19,23,30H,2-13,16H2,1H3. The lowest BCUT2D eigenvalue weighted by Gasteiger charge is -2.32. The summed E-state index contributed by atoms with van der Waals surface area (Å²) in [7, 11) is -0.396. The van der Waals surface area contributed by atoms with E-state index < -0.39 is 39.2 Å². The second-order valence-corrected chi connectivity index (χ2v) is 13.0. The molecule has 0 radical (unpaired) electrons. The third-order valence-electron chi connectivity index (χ3n) is 7.34. The molecule has 2 aliphatic rings. The van der Waals surface area contributed by atoms with Crippen molar-refractivity contribution in [3.8, 4) is 5.75 Å². The van der Waals surface area contributed by atoms with Gasteiger partial charge < -0.3 is 4.74 Å². The summed E-state index contributed by atoms with van der Waals surface area (Å²) in [5.41, 5.74) is 0.632. The minimum Gasteiger partial charge on any atom is -0.482 e. The van der Waals surface area contributed by atoms with Gasteiger partial charge in [-0.2, -0.15) is 0 Å². The van der Waals surface area contributed by atoms with Crippen LogP contribution in [0.4, 0.5) is 17.6 Å². The fourth-order valence-electron chi connectivity index (χ4n) is 5.57. The van der Waals surface area contributed by atoms with Crippen LogP contribution in [0.15, 0.2) is 12.1 Å². The minimum absolute atomic E-state index is 0.143. The summed E-state index contributed by atoms with van der Waals surface area (Å²) >= 11 is 0.